The smallest absolute Gasteiger partial charge is 0.294 e. The normalized spacial score (nSPS) is 14.6. The summed E-state index contributed by atoms with van der Waals surface area (Å²) < 4.78 is 11.7. The fraction of sp³-hybridized carbons (Fsp3) is 0.258. The first-order chi connectivity index (χ1) is 18.6. The van der Waals surface area contributed by atoms with Crippen LogP contribution in [0, 0.1) is 6.92 Å². The summed E-state index contributed by atoms with van der Waals surface area (Å²) >= 11 is 0.802. The van der Waals surface area contributed by atoms with Crippen LogP contribution in [0.5, 0.6) is 11.5 Å². The van der Waals surface area contributed by atoms with Gasteiger partial charge in [-0.15, -0.1) is 0 Å². The first-order valence-electron chi connectivity index (χ1n) is 12.7. The lowest BCUT2D eigenvalue weighted by Crippen LogP contribution is -2.36. The predicted molar refractivity (Wildman–Crippen MR) is 155 cm³/mol. The van der Waals surface area contributed by atoms with Crippen molar-refractivity contribution in [2.45, 2.75) is 33.1 Å². The van der Waals surface area contributed by atoms with E-state index in [4.69, 9.17) is 9.47 Å². The number of hydrogen-bond donors (Lipinski definition) is 1. The van der Waals surface area contributed by atoms with Gasteiger partial charge in [0.05, 0.1) is 4.91 Å². The van der Waals surface area contributed by atoms with Gasteiger partial charge in [0, 0.05) is 11.3 Å². The van der Waals surface area contributed by atoms with Crippen molar-refractivity contribution in [2.24, 2.45) is 0 Å². The van der Waals surface area contributed by atoms with Crippen molar-refractivity contribution < 1.29 is 23.9 Å². The molecular weight excluding hydrogens is 512 g/mol. The summed E-state index contributed by atoms with van der Waals surface area (Å²) in [5.41, 5.74) is 3.63. The van der Waals surface area contributed by atoms with E-state index in [0.717, 1.165) is 28.0 Å². The van der Waals surface area contributed by atoms with Crippen molar-refractivity contribution in [3.05, 3.63) is 94.4 Å². The van der Waals surface area contributed by atoms with Gasteiger partial charge in [0.15, 0.2) is 0 Å². The van der Waals surface area contributed by atoms with Gasteiger partial charge in [0.1, 0.15) is 31.3 Å². The second-order valence-electron chi connectivity index (χ2n) is 10.2. The minimum absolute atomic E-state index is 0.0777. The summed E-state index contributed by atoms with van der Waals surface area (Å²) in [6.45, 7) is 8.72. The van der Waals surface area contributed by atoms with Gasteiger partial charge >= 0.3 is 0 Å². The summed E-state index contributed by atoms with van der Waals surface area (Å²) in [4.78, 5) is 39.1. The first kappa shape index (κ1) is 28.0. The number of aryl methyl sites for hydroxylation is 1. The maximum atomic E-state index is 12.9. The average Bonchev–Trinajstić information content (AvgIpc) is 3.16. The summed E-state index contributed by atoms with van der Waals surface area (Å²) in [6.07, 6.45) is 1.62. The Morgan fingerprint density at radius 1 is 0.923 bits per heavy atom. The van der Waals surface area contributed by atoms with Crippen LogP contribution in [-0.2, 0) is 15.0 Å². The molecule has 0 aromatic heterocycles. The molecule has 0 aliphatic carbocycles. The molecule has 0 radical (unpaired) electrons. The molecule has 3 aromatic carbocycles. The van der Waals surface area contributed by atoms with Crippen LogP contribution in [0.2, 0.25) is 0 Å². The molecule has 1 aliphatic rings. The highest BCUT2D eigenvalue weighted by molar-refractivity contribution is 8.18. The maximum absolute atomic E-state index is 12.9. The van der Waals surface area contributed by atoms with E-state index in [1.165, 1.54) is 5.56 Å². The minimum atomic E-state index is -0.513. The van der Waals surface area contributed by atoms with E-state index in [1.807, 2.05) is 43.3 Å². The summed E-state index contributed by atoms with van der Waals surface area (Å²) in [5.74, 6) is 0.369. The minimum Gasteiger partial charge on any atom is -0.490 e. The molecule has 1 heterocycles. The van der Waals surface area contributed by atoms with Gasteiger partial charge in [0.25, 0.3) is 11.1 Å². The molecule has 0 atom stereocenters. The molecule has 3 aromatic rings. The van der Waals surface area contributed by atoms with Gasteiger partial charge in [-0.25, -0.2) is 0 Å². The lowest BCUT2D eigenvalue weighted by Gasteiger charge is -2.19. The molecule has 7 nitrogen and oxygen atoms in total. The fourth-order valence-corrected chi connectivity index (χ4v) is 4.68. The lowest BCUT2D eigenvalue weighted by atomic mass is 9.87. The number of nitrogens with zero attached hydrogens (tertiary/aromatic N) is 1. The zero-order valence-electron chi connectivity index (χ0n) is 22.5. The van der Waals surface area contributed by atoms with E-state index in [9.17, 15) is 14.4 Å². The molecule has 1 saturated heterocycles. The van der Waals surface area contributed by atoms with Crippen LogP contribution in [0.15, 0.2) is 77.7 Å². The number of amides is 3. The summed E-state index contributed by atoms with van der Waals surface area (Å²) in [7, 11) is 0. The number of imide groups is 1. The zero-order chi connectivity index (χ0) is 28.0. The topological polar surface area (TPSA) is 84.9 Å². The van der Waals surface area contributed by atoms with Crippen LogP contribution in [-0.4, -0.2) is 41.7 Å². The highest BCUT2D eigenvalue weighted by atomic mass is 32.2. The Hall–Kier alpha value is -4.04. The van der Waals surface area contributed by atoms with Crippen molar-refractivity contribution in [1.82, 2.24) is 4.90 Å². The van der Waals surface area contributed by atoms with E-state index < -0.39 is 17.1 Å². The largest absolute Gasteiger partial charge is 0.490 e. The number of carbonyl (C=O) groups excluding carboxylic acids is 3. The van der Waals surface area contributed by atoms with Crippen LogP contribution in [0.4, 0.5) is 10.5 Å². The number of benzene rings is 3. The standard InChI is InChI=1S/C31H32N2O5S/c1-21-9-13-24(14-10-21)32-28(34)20-33-29(35)27(39-30(33)36)19-22-7-5-6-8-26(22)38-18-17-37-25-15-11-23(12-16-25)31(2,3)4/h5-16,19H,17-18,20H2,1-4H3,(H,32,34)/b27-19-. The van der Waals surface area contributed by atoms with E-state index in [0.29, 0.717) is 30.2 Å². The Kier molecular flexibility index (Phi) is 8.76. The van der Waals surface area contributed by atoms with Crippen LogP contribution >= 0.6 is 11.8 Å². The van der Waals surface area contributed by atoms with Crippen molar-refractivity contribution >= 4 is 40.6 Å². The Labute approximate surface area is 233 Å². The zero-order valence-corrected chi connectivity index (χ0v) is 23.3. The Balaban J connectivity index is 1.34. The number of carbonyl (C=O) groups is 3. The van der Waals surface area contributed by atoms with E-state index >= 15 is 0 Å². The van der Waals surface area contributed by atoms with Crippen LogP contribution in [0.3, 0.4) is 0 Å². The van der Waals surface area contributed by atoms with Gasteiger partial charge in [0.2, 0.25) is 5.91 Å². The van der Waals surface area contributed by atoms with Gasteiger partial charge in [-0.05, 0) is 66.1 Å². The molecule has 0 unspecified atom stereocenters. The third-order valence-electron chi connectivity index (χ3n) is 6.05. The van der Waals surface area contributed by atoms with Gasteiger partial charge in [-0.1, -0.05) is 68.8 Å². The molecule has 1 aliphatic heterocycles. The number of hydrogen-bond acceptors (Lipinski definition) is 6. The monoisotopic (exact) mass is 544 g/mol. The van der Waals surface area contributed by atoms with Crippen LogP contribution < -0.4 is 14.8 Å². The molecule has 3 amide bonds. The summed E-state index contributed by atoms with van der Waals surface area (Å²) in [5, 5.41) is 2.22. The van der Waals surface area contributed by atoms with Crippen molar-refractivity contribution in [3.63, 3.8) is 0 Å². The second kappa shape index (κ2) is 12.2. The van der Waals surface area contributed by atoms with E-state index in [1.54, 1.807) is 30.3 Å². The molecule has 1 N–H and O–H groups in total. The quantitative estimate of drug-likeness (QED) is 0.247. The fourth-order valence-electron chi connectivity index (χ4n) is 3.85. The average molecular weight is 545 g/mol. The molecule has 202 valence electrons. The number of para-hydroxylation sites is 1. The van der Waals surface area contributed by atoms with Crippen molar-refractivity contribution in [2.75, 3.05) is 25.1 Å². The van der Waals surface area contributed by atoms with E-state index in [2.05, 4.69) is 38.2 Å². The van der Waals surface area contributed by atoms with Gasteiger partial charge < -0.3 is 14.8 Å². The third kappa shape index (κ3) is 7.51. The molecule has 0 saturated carbocycles. The summed E-state index contributed by atoms with van der Waals surface area (Å²) in [6, 6.07) is 22.6. The predicted octanol–water partition coefficient (Wildman–Crippen LogP) is 6.43. The van der Waals surface area contributed by atoms with Crippen LogP contribution in [0.1, 0.15) is 37.5 Å². The molecule has 4 rings (SSSR count). The van der Waals surface area contributed by atoms with Crippen molar-refractivity contribution in [1.29, 1.82) is 0 Å². The maximum Gasteiger partial charge on any atom is 0.294 e. The molecule has 39 heavy (non-hydrogen) atoms. The van der Waals surface area contributed by atoms with E-state index in [-0.39, 0.29) is 16.9 Å². The molecule has 1 fully saturated rings. The second-order valence-corrected chi connectivity index (χ2v) is 11.2. The number of ether oxygens (including phenoxy) is 2. The van der Waals surface area contributed by atoms with Gasteiger partial charge in [-0.2, -0.15) is 0 Å². The molecule has 0 bridgehead atoms. The lowest BCUT2D eigenvalue weighted by molar-refractivity contribution is -0.127. The van der Waals surface area contributed by atoms with Gasteiger partial charge in [-0.3, -0.25) is 19.3 Å². The number of nitrogens with one attached hydrogen (secondary N) is 1. The number of rotatable bonds is 9. The molecular formula is C31H32N2O5S. The highest BCUT2D eigenvalue weighted by Crippen LogP contribution is 2.34. The number of thioether (sulfide) groups is 1. The Bertz CT molecular complexity index is 1380. The highest BCUT2D eigenvalue weighted by Gasteiger charge is 2.36. The number of anilines is 1. The van der Waals surface area contributed by atoms with Crippen molar-refractivity contribution in [3.8, 4) is 11.5 Å². The molecule has 0 spiro atoms. The van der Waals surface area contributed by atoms with Crippen LogP contribution in [0.25, 0.3) is 6.08 Å². The Morgan fingerprint density at radius 3 is 2.28 bits per heavy atom. The molecule has 8 heteroatoms. The SMILES string of the molecule is Cc1ccc(NC(=O)CN2C(=O)S/C(=C\c3ccccc3OCCOc3ccc(C(C)(C)C)cc3)C2=O)cc1. The Morgan fingerprint density at radius 2 is 1.59 bits per heavy atom. The first-order valence-corrected chi connectivity index (χ1v) is 13.5. The third-order valence-corrected chi connectivity index (χ3v) is 6.95.